The van der Waals surface area contributed by atoms with E-state index in [0.717, 1.165) is 0 Å². The molecule has 0 radical (unpaired) electrons. The lowest BCUT2D eigenvalue weighted by molar-refractivity contribution is 0.708. The molecule has 1 aromatic heterocycles. The molecule has 0 aliphatic heterocycles. The van der Waals surface area contributed by atoms with Gasteiger partial charge in [-0.3, -0.25) is 9.13 Å². The number of anilines is 2. The van der Waals surface area contributed by atoms with E-state index >= 15 is 0 Å². The predicted octanol–water partition coefficient (Wildman–Crippen LogP) is 0.0772. The molecular formula is C7H12N4OS. The van der Waals surface area contributed by atoms with E-state index in [0.29, 0.717) is 16.1 Å². The van der Waals surface area contributed by atoms with Gasteiger partial charge in [-0.25, -0.2) is 4.79 Å². The van der Waals surface area contributed by atoms with Crippen molar-refractivity contribution in [1.29, 1.82) is 0 Å². The predicted molar refractivity (Wildman–Crippen MR) is 55.4 cm³/mol. The maximum absolute atomic E-state index is 11.5. The van der Waals surface area contributed by atoms with Gasteiger partial charge in [0.1, 0.15) is 16.1 Å². The SMILES string of the molecule is CNc1c(N)c(=S)n(C)c(=O)n1C. The van der Waals surface area contributed by atoms with Crippen molar-refractivity contribution in [2.45, 2.75) is 0 Å². The molecule has 1 aromatic rings. The Kier molecular flexibility index (Phi) is 2.42. The average Bonchev–Trinajstić information content (AvgIpc) is 2.13. The van der Waals surface area contributed by atoms with Crippen molar-refractivity contribution in [3.8, 4) is 0 Å². The summed E-state index contributed by atoms with van der Waals surface area (Å²) in [7, 11) is 4.93. The summed E-state index contributed by atoms with van der Waals surface area (Å²) in [4.78, 5) is 11.5. The molecule has 0 aliphatic carbocycles. The first-order valence-electron chi connectivity index (χ1n) is 3.74. The third-order valence-electron chi connectivity index (χ3n) is 1.94. The summed E-state index contributed by atoms with van der Waals surface area (Å²) < 4.78 is 3.11. The van der Waals surface area contributed by atoms with E-state index in [9.17, 15) is 4.79 Å². The molecule has 0 saturated carbocycles. The summed E-state index contributed by atoms with van der Waals surface area (Å²) in [5, 5.41) is 2.83. The van der Waals surface area contributed by atoms with E-state index in [1.54, 1.807) is 21.1 Å². The Morgan fingerprint density at radius 1 is 1.38 bits per heavy atom. The van der Waals surface area contributed by atoms with Gasteiger partial charge in [-0.2, -0.15) is 0 Å². The van der Waals surface area contributed by atoms with E-state index in [-0.39, 0.29) is 5.69 Å². The molecule has 0 atom stereocenters. The monoisotopic (exact) mass is 200 g/mol. The summed E-state index contributed by atoms with van der Waals surface area (Å²) in [5.41, 5.74) is 5.94. The van der Waals surface area contributed by atoms with Crippen molar-refractivity contribution < 1.29 is 0 Å². The van der Waals surface area contributed by atoms with Crippen LogP contribution in [0.3, 0.4) is 0 Å². The van der Waals surface area contributed by atoms with Crippen LogP contribution in [0.2, 0.25) is 0 Å². The highest BCUT2D eigenvalue weighted by atomic mass is 32.1. The Hall–Kier alpha value is -1.30. The zero-order valence-electron chi connectivity index (χ0n) is 7.79. The van der Waals surface area contributed by atoms with Crippen molar-refractivity contribution in [3.63, 3.8) is 0 Å². The van der Waals surface area contributed by atoms with Crippen molar-refractivity contribution in [2.24, 2.45) is 14.1 Å². The zero-order chi connectivity index (χ0) is 10.2. The lowest BCUT2D eigenvalue weighted by atomic mass is 10.4. The van der Waals surface area contributed by atoms with Crippen LogP contribution in [0, 0.1) is 4.64 Å². The highest BCUT2D eigenvalue weighted by Gasteiger charge is 2.07. The van der Waals surface area contributed by atoms with E-state index in [2.05, 4.69) is 5.32 Å². The number of hydrogen-bond donors (Lipinski definition) is 2. The van der Waals surface area contributed by atoms with Crippen molar-refractivity contribution >= 4 is 23.7 Å². The number of nitrogen functional groups attached to an aromatic ring is 1. The van der Waals surface area contributed by atoms with Crippen molar-refractivity contribution in [2.75, 3.05) is 18.1 Å². The molecule has 0 bridgehead atoms. The molecule has 0 spiro atoms. The van der Waals surface area contributed by atoms with Crippen LogP contribution >= 0.6 is 12.2 Å². The van der Waals surface area contributed by atoms with Gasteiger partial charge < -0.3 is 11.1 Å². The molecule has 13 heavy (non-hydrogen) atoms. The second-order valence-corrected chi connectivity index (χ2v) is 3.10. The standard InChI is InChI=1S/C7H12N4OS/c1-9-5-4(8)6(13)11(3)7(12)10(5)2/h9H,8H2,1-3H3. The fourth-order valence-electron chi connectivity index (χ4n) is 1.17. The van der Waals surface area contributed by atoms with Gasteiger partial charge in [-0.05, 0) is 0 Å². The van der Waals surface area contributed by atoms with Gasteiger partial charge in [-0.15, -0.1) is 0 Å². The molecule has 0 saturated heterocycles. The molecule has 6 heteroatoms. The Balaban J connectivity index is 3.78. The van der Waals surface area contributed by atoms with Crippen molar-refractivity contribution in [3.05, 3.63) is 15.1 Å². The van der Waals surface area contributed by atoms with Gasteiger partial charge in [0.2, 0.25) is 0 Å². The van der Waals surface area contributed by atoms with E-state index in [1.165, 1.54) is 9.13 Å². The topological polar surface area (TPSA) is 65.0 Å². The quantitative estimate of drug-likeness (QED) is 0.630. The Labute approximate surface area is 80.8 Å². The van der Waals surface area contributed by atoms with Crippen LogP contribution in [0.1, 0.15) is 0 Å². The summed E-state index contributed by atoms with van der Waals surface area (Å²) in [6, 6.07) is 0. The minimum Gasteiger partial charge on any atom is -0.393 e. The minimum absolute atomic E-state index is 0.191. The summed E-state index contributed by atoms with van der Waals surface area (Å²) in [5.74, 6) is 0.549. The number of rotatable bonds is 1. The molecule has 3 N–H and O–H groups in total. The van der Waals surface area contributed by atoms with Gasteiger partial charge in [-0.1, -0.05) is 12.2 Å². The first-order valence-corrected chi connectivity index (χ1v) is 4.14. The number of aromatic nitrogens is 2. The lowest BCUT2D eigenvalue weighted by Crippen LogP contribution is -2.30. The maximum atomic E-state index is 11.5. The largest absolute Gasteiger partial charge is 0.393 e. The van der Waals surface area contributed by atoms with Gasteiger partial charge >= 0.3 is 5.69 Å². The van der Waals surface area contributed by atoms with Gasteiger partial charge in [0.25, 0.3) is 0 Å². The first kappa shape index (κ1) is 9.79. The van der Waals surface area contributed by atoms with Crippen LogP contribution < -0.4 is 16.7 Å². The molecule has 0 aromatic carbocycles. The molecule has 72 valence electrons. The van der Waals surface area contributed by atoms with Gasteiger partial charge in [0.15, 0.2) is 0 Å². The summed E-state index contributed by atoms with van der Waals surface area (Å²) in [6.07, 6.45) is 0. The van der Waals surface area contributed by atoms with Crippen LogP contribution in [0.4, 0.5) is 11.5 Å². The highest BCUT2D eigenvalue weighted by Crippen LogP contribution is 2.14. The van der Waals surface area contributed by atoms with E-state index in [4.69, 9.17) is 18.0 Å². The minimum atomic E-state index is -0.191. The highest BCUT2D eigenvalue weighted by molar-refractivity contribution is 7.71. The van der Waals surface area contributed by atoms with Crippen LogP contribution in [0.5, 0.6) is 0 Å². The molecule has 0 amide bonds. The fraction of sp³-hybridized carbons (Fsp3) is 0.429. The second-order valence-electron chi connectivity index (χ2n) is 2.72. The molecule has 0 aliphatic rings. The Bertz CT molecular complexity index is 408. The normalized spacial score (nSPS) is 10.1. The van der Waals surface area contributed by atoms with E-state index in [1.807, 2.05) is 0 Å². The fourth-order valence-corrected chi connectivity index (χ4v) is 1.35. The smallest absolute Gasteiger partial charge is 0.330 e. The second kappa shape index (κ2) is 3.21. The molecular weight excluding hydrogens is 188 g/mol. The van der Waals surface area contributed by atoms with Crippen LogP contribution in [-0.4, -0.2) is 16.2 Å². The third kappa shape index (κ3) is 1.33. The number of nitrogens with one attached hydrogen (secondary N) is 1. The van der Waals surface area contributed by atoms with Crippen LogP contribution in [-0.2, 0) is 14.1 Å². The lowest BCUT2D eigenvalue weighted by Gasteiger charge is -2.12. The Morgan fingerprint density at radius 2 is 1.92 bits per heavy atom. The van der Waals surface area contributed by atoms with Crippen LogP contribution in [0.25, 0.3) is 0 Å². The molecule has 5 nitrogen and oxygen atoms in total. The molecule has 0 fully saturated rings. The number of nitrogens with zero attached hydrogens (tertiary/aromatic N) is 2. The van der Waals surface area contributed by atoms with Crippen molar-refractivity contribution in [1.82, 2.24) is 9.13 Å². The van der Waals surface area contributed by atoms with Gasteiger partial charge in [0.05, 0.1) is 0 Å². The number of hydrogen-bond acceptors (Lipinski definition) is 4. The average molecular weight is 200 g/mol. The van der Waals surface area contributed by atoms with E-state index < -0.39 is 0 Å². The zero-order valence-corrected chi connectivity index (χ0v) is 8.60. The maximum Gasteiger partial charge on any atom is 0.330 e. The number of nitrogens with two attached hydrogens (primary N) is 1. The molecule has 1 rings (SSSR count). The Morgan fingerprint density at radius 3 is 2.38 bits per heavy atom. The molecule has 0 unspecified atom stereocenters. The molecule has 1 heterocycles. The first-order chi connectivity index (χ1) is 6.00. The third-order valence-corrected chi connectivity index (χ3v) is 2.43. The summed E-state index contributed by atoms with van der Waals surface area (Å²) in [6.45, 7) is 0. The van der Waals surface area contributed by atoms with Crippen LogP contribution in [0.15, 0.2) is 4.79 Å². The van der Waals surface area contributed by atoms with Gasteiger partial charge in [0, 0.05) is 21.1 Å². The summed E-state index contributed by atoms with van der Waals surface area (Å²) >= 11 is 4.98.